The molecule has 1 heterocycles. The number of hydrogen-bond acceptors (Lipinski definition) is 5. The number of anilines is 2. The van der Waals surface area contributed by atoms with Crippen LogP contribution in [0, 0.1) is 0 Å². The van der Waals surface area contributed by atoms with Crippen LogP contribution in [-0.4, -0.2) is 29.1 Å². The molecule has 0 fully saturated rings. The van der Waals surface area contributed by atoms with E-state index in [0.29, 0.717) is 16.7 Å². The van der Waals surface area contributed by atoms with Gasteiger partial charge in [-0.15, -0.1) is 10.2 Å². The molecular weight excluding hydrogens is 515 g/mol. The van der Waals surface area contributed by atoms with Crippen molar-refractivity contribution in [2.45, 2.75) is 6.18 Å². The number of nitrogens with one attached hydrogen (secondary N) is 3. The lowest BCUT2D eigenvalue weighted by Gasteiger charge is -2.12. The Balaban J connectivity index is 1.42. The fourth-order valence-corrected chi connectivity index (χ4v) is 3.56. The molecule has 9 nitrogen and oxygen atoms in total. The van der Waals surface area contributed by atoms with E-state index in [1.807, 2.05) is 0 Å². The number of urea groups is 1. The van der Waals surface area contributed by atoms with E-state index in [4.69, 9.17) is 16.3 Å². The van der Waals surface area contributed by atoms with Crippen molar-refractivity contribution in [1.82, 2.24) is 4.98 Å². The minimum atomic E-state index is -4.68. The number of amides is 3. The number of fused-ring (bicyclic) bond motifs is 1. The Morgan fingerprint density at radius 1 is 1.00 bits per heavy atom. The third-order valence-corrected chi connectivity index (χ3v) is 5.45. The summed E-state index contributed by atoms with van der Waals surface area (Å²) in [4.78, 5) is 27.4. The van der Waals surface area contributed by atoms with E-state index in [1.165, 1.54) is 37.4 Å². The molecule has 190 valence electrons. The number of alkyl halides is 3. The smallest absolute Gasteiger partial charge is 0.417 e. The van der Waals surface area contributed by atoms with E-state index in [-0.39, 0.29) is 28.5 Å². The number of methoxy groups -OCH3 is 1. The van der Waals surface area contributed by atoms with Crippen LogP contribution in [0.3, 0.4) is 0 Å². The Bertz CT molecular complexity index is 1520. The molecular formula is C24H17ClF3N5O4. The number of aromatic nitrogens is 1. The number of ether oxygens (including phenoxy) is 1. The maximum atomic E-state index is 13.0. The van der Waals surface area contributed by atoms with Crippen molar-refractivity contribution in [1.29, 1.82) is 0 Å². The number of azo groups is 1. The molecule has 0 saturated heterocycles. The first kappa shape index (κ1) is 25.5. The highest BCUT2D eigenvalue weighted by molar-refractivity contribution is 6.31. The number of carbonyl (C=O) groups excluding carboxylic acids is 2. The molecule has 0 bridgehead atoms. The van der Waals surface area contributed by atoms with Crippen LogP contribution in [0.2, 0.25) is 5.02 Å². The minimum absolute atomic E-state index is 0.0630. The third-order valence-electron chi connectivity index (χ3n) is 5.12. The lowest BCUT2D eigenvalue weighted by Crippen LogP contribution is -2.20. The highest BCUT2D eigenvalue weighted by Gasteiger charge is 2.33. The van der Waals surface area contributed by atoms with Gasteiger partial charge in [0.25, 0.3) is 5.91 Å². The average Bonchev–Trinajstić information content (AvgIpc) is 3.17. The molecule has 37 heavy (non-hydrogen) atoms. The molecule has 0 saturated carbocycles. The van der Waals surface area contributed by atoms with Crippen LogP contribution in [0.4, 0.5) is 35.0 Å². The van der Waals surface area contributed by atoms with E-state index in [0.717, 1.165) is 12.1 Å². The van der Waals surface area contributed by atoms with E-state index in [9.17, 15) is 27.9 Å². The fraction of sp³-hybridized carbons (Fsp3) is 0.0833. The summed E-state index contributed by atoms with van der Waals surface area (Å²) in [6.07, 6.45) is -4.68. The number of halogens is 4. The van der Waals surface area contributed by atoms with Gasteiger partial charge in [-0.05, 0) is 60.7 Å². The molecule has 0 aliphatic rings. The maximum Gasteiger partial charge on any atom is 0.417 e. The molecule has 4 aromatic rings. The molecule has 0 unspecified atom stereocenters. The first-order chi connectivity index (χ1) is 17.5. The zero-order valence-electron chi connectivity index (χ0n) is 18.9. The number of aromatic hydroxyl groups is 1. The summed E-state index contributed by atoms with van der Waals surface area (Å²) < 4.78 is 44.1. The van der Waals surface area contributed by atoms with Crippen molar-refractivity contribution in [3.05, 3.63) is 76.8 Å². The molecule has 0 radical (unpaired) electrons. The van der Waals surface area contributed by atoms with Gasteiger partial charge in [-0.25, -0.2) is 4.79 Å². The number of carbonyl (C=O) groups is 2. The lowest BCUT2D eigenvalue weighted by molar-refractivity contribution is -0.137. The first-order valence-corrected chi connectivity index (χ1v) is 10.8. The first-order valence-electron chi connectivity index (χ1n) is 10.4. The van der Waals surface area contributed by atoms with Gasteiger partial charge in [0.2, 0.25) is 5.88 Å². The van der Waals surface area contributed by atoms with Crippen LogP contribution in [0.15, 0.2) is 70.9 Å². The second kappa shape index (κ2) is 10.2. The van der Waals surface area contributed by atoms with Gasteiger partial charge >= 0.3 is 12.2 Å². The number of nitrogens with zero attached hydrogens (tertiary/aromatic N) is 2. The topological polar surface area (TPSA) is 128 Å². The lowest BCUT2D eigenvalue weighted by atomic mass is 10.2. The van der Waals surface area contributed by atoms with Crippen molar-refractivity contribution in [3.63, 3.8) is 0 Å². The number of rotatable bonds is 5. The maximum absolute atomic E-state index is 13.0. The number of H-pyrrole nitrogens is 1. The average molecular weight is 532 g/mol. The van der Waals surface area contributed by atoms with Crippen molar-refractivity contribution in [3.8, 4) is 11.6 Å². The van der Waals surface area contributed by atoms with Gasteiger partial charge < -0.3 is 25.5 Å². The molecule has 3 amide bonds. The molecule has 4 rings (SSSR count). The van der Waals surface area contributed by atoms with Gasteiger partial charge in [0.05, 0.1) is 23.2 Å². The van der Waals surface area contributed by atoms with E-state index in [1.54, 1.807) is 18.2 Å². The predicted octanol–water partition coefficient (Wildman–Crippen LogP) is 7.12. The van der Waals surface area contributed by atoms with Crippen molar-refractivity contribution >= 4 is 51.5 Å². The van der Waals surface area contributed by atoms with Crippen LogP contribution in [0.25, 0.3) is 10.9 Å². The highest BCUT2D eigenvalue weighted by atomic mass is 35.5. The summed E-state index contributed by atoms with van der Waals surface area (Å²) in [5.74, 6) is -0.458. The molecule has 0 aliphatic heterocycles. The third kappa shape index (κ3) is 5.81. The van der Waals surface area contributed by atoms with Gasteiger partial charge in [0.15, 0.2) is 5.69 Å². The van der Waals surface area contributed by atoms with Crippen molar-refractivity contribution in [2.75, 3.05) is 17.7 Å². The molecule has 13 heteroatoms. The second-order valence-corrected chi connectivity index (χ2v) is 7.99. The largest absolute Gasteiger partial charge is 0.497 e. The Labute approximate surface area is 211 Å². The SMILES string of the molecule is COc1ccc2[nH]c(O)c(N=NC(=O)c3ccc(NC(=O)Nc4ccc(Cl)c(C(F)(F)F)c4)cc3)c2c1. The molecule has 0 atom stereocenters. The standard InChI is InChI=1S/C24H17ClF3N5O4/c1-37-15-7-9-19-16(11-15)20(22(35)31-19)32-33-21(34)12-2-4-13(5-3-12)29-23(36)30-14-6-8-18(25)17(10-14)24(26,27)28/h2-11,31,35H,1H3,(H2,29,30,36). The molecule has 0 spiro atoms. The zero-order chi connectivity index (χ0) is 26.7. The summed E-state index contributed by atoms with van der Waals surface area (Å²) >= 11 is 5.58. The number of hydrogen-bond donors (Lipinski definition) is 4. The number of benzene rings is 3. The highest BCUT2D eigenvalue weighted by Crippen LogP contribution is 2.38. The van der Waals surface area contributed by atoms with Gasteiger partial charge in [-0.1, -0.05) is 11.6 Å². The summed E-state index contributed by atoms with van der Waals surface area (Å²) in [6, 6.07) is 12.7. The zero-order valence-corrected chi connectivity index (χ0v) is 19.6. The van der Waals surface area contributed by atoms with Crippen molar-refractivity contribution < 1.29 is 32.6 Å². The number of aromatic amines is 1. The minimum Gasteiger partial charge on any atom is -0.497 e. The quantitative estimate of drug-likeness (QED) is 0.204. The second-order valence-electron chi connectivity index (χ2n) is 7.59. The monoisotopic (exact) mass is 531 g/mol. The Morgan fingerprint density at radius 3 is 2.35 bits per heavy atom. The Hall–Kier alpha value is -4.58. The Kier molecular flexibility index (Phi) is 7.02. The van der Waals surface area contributed by atoms with E-state index < -0.39 is 28.7 Å². The summed E-state index contributed by atoms with van der Waals surface area (Å²) in [6.45, 7) is 0. The van der Waals surface area contributed by atoms with Gasteiger partial charge in [-0.3, -0.25) is 4.79 Å². The molecule has 1 aromatic heterocycles. The summed E-state index contributed by atoms with van der Waals surface area (Å²) in [7, 11) is 1.49. The van der Waals surface area contributed by atoms with Crippen LogP contribution >= 0.6 is 11.6 Å². The van der Waals surface area contributed by atoms with Gasteiger partial charge in [-0.2, -0.15) is 13.2 Å². The fourth-order valence-electron chi connectivity index (χ4n) is 3.33. The molecule has 0 aliphatic carbocycles. The van der Waals surface area contributed by atoms with Crippen LogP contribution in [0.1, 0.15) is 15.9 Å². The van der Waals surface area contributed by atoms with Crippen molar-refractivity contribution in [2.24, 2.45) is 10.2 Å². The summed E-state index contributed by atoms with van der Waals surface area (Å²) in [5.41, 5.74) is -0.157. The Morgan fingerprint density at radius 2 is 1.68 bits per heavy atom. The van der Waals surface area contributed by atoms with Crippen LogP contribution in [-0.2, 0) is 6.18 Å². The molecule has 4 N–H and O–H groups in total. The van der Waals surface area contributed by atoms with E-state index >= 15 is 0 Å². The van der Waals surface area contributed by atoms with Gasteiger partial charge in [0.1, 0.15) is 5.75 Å². The van der Waals surface area contributed by atoms with Crippen LogP contribution < -0.4 is 15.4 Å². The normalized spacial score (nSPS) is 11.6. The molecule has 3 aromatic carbocycles. The predicted molar refractivity (Wildman–Crippen MR) is 131 cm³/mol. The van der Waals surface area contributed by atoms with Crippen LogP contribution in [0.5, 0.6) is 11.6 Å². The van der Waals surface area contributed by atoms with Gasteiger partial charge in [0, 0.05) is 22.3 Å². The van der Waals surface area contributed by atoms with E-state index in [2.05, 4.69) is 25.8 Å². The summed E-state index contributed by atoms with van der Waals surface area (Å²) in [5, 5.41) is 22.4.